The fourth-order valence-electron chi connectivity index (χ4n) is 2.79. The van der Waals surface area contributed by atoms with Gasteiger partial charge in [-0.3, -0.25) is 4.79 Å². The number of ether oxygens (including phenoxy) is 1. The van der Waals surface area contributed by atoms with E-state index in [-0.39, 0.29) is 12.5 Å². The van der Waals surface area contributed by atoms with Crippen molar-refractivity contribution in [3.8, 4) is 12.1 Å². The second kappa shape index (κ2) is 6.28. The molecule has 4 nitrogen and oxygen atoms in total. The smallest absolute Gasteiger partial charge is 0.319 e. The summed E-state index contributed by atoms with van der Waals surface area (Å²) in [5, 5.41) is 18.8. The highest BCUT2D eigenvalue weighted by Gasteiger charge is 2.58. The van der Waals surface area contributed by atoms with Crippen molar-refractivity contribution in [3.05, 3.63) is 34.3 Å². The Kier molecular flexibility index (Phi) is 4.65. The fourth-order valence-corrected chi connectivity index (χ4v) is 3.05. The highest BCUT2D eigenvalue weighted by atomic mass is 79.9. The Morgan fingerprint density at radius 3 is 2.38 bits per heavy atom. The lowest BCUT2D eigenvalue weighted by Gasteiger charge is -2.33. The standard InChI is InChI=1S/C16H15BrN2O2/c1-2-21-15(20)16(11-3-4-11,13(9-18)10-19)12-5-7-14(17)8-6-12/h5-8,11,13H,2-4H2,1H3/t16-/m1/s1. The highest BCUT2D eigenvalue weighted by Crippen LogP contribution is 2.52. The van der Waals surface area contributed by atoms with Crippen LogP contribution in [0, 0.1) is 34.5 Å². The fraction of sp³-hybridized carbons (Fsp3) is 0.438. The van der Waals surface area contributed by atoms with Gasteiger partial charge in [0.15, 0.2) is 5.92 Å². The van der Waals surface area contributed by atoms with E-state index < -0.39 is 17.3 Å². The topological polar surface area (TPSA) is 73.9 Å². The molecule has 0 amide bonds. The van der Waals surface area contributed by atoms with E-state index >= 15 is 0 Å². The summed E-state index contributed by atoms with van der Waals surface area (Å²) in [4.78, 5) is 12.7. The van der Waals surface area contributed by atoms with Crippen molar-refractivity contribution in [2.75, 3.05) is 6.61 Å². The first-order valence-electron chi connectivity index (χ1n) is 6.83. The number of halogens is 1. The van der Waals surface area contributed by atoms with E-state index in [9.17, 15) is 15.3 Å². The molecule has 1 aromatic rings. The van der Waals surface area contributed by atoms with Crippen LogP contribution in [0.15, 0.2) is 28.7 Å². The molecule has 0 N–H and O–H groups in total. The van der Waals surface area contributed by atoms with Crippen LogP contribution in [0.4, 0.5) is 0 Å². The predicted molar refractivity (Wildman–Crippen MR) is 79.9 cm³/mol. The van der Waals surface area contributed by atoms with E-state index in [1.807, 2.05) is 24.3 Å². The van der Waals surface area contributed by atoms with Gasteiger partial charge in [0, 0.05) is 4.47 Å². The van der Waals surface area contributed by atoms with Crippen molar-refractivity contribution >= 4 is 21.9 Å². The number of hydrogen-bond acceptors (Lipinski definition) is 4. The molecule has 21 heavy (non-hydrogen) atoms. The van der Waals surface area contributed by atoms with Gasteiger partial charge in [-0.15, -0.1) is 0 Å². The average Bonchev–Trinajstić information content (AvgIpc) is 3.31. The number of nitrogens with zero attached hydrogens (tertiary/aromatic N) is 2. The lowest BCUT2D eigenvalue weighted by Crippen LogP contribution is -2.45. The molecule has 0 aliphatic heterocycles. The van der Waals surface area contributed by atoms with Gasteiger partial charge in [-0.25, -0.2) is 0 Å². The van der Waals surface area contributed by atoms with Crippen LogP contribution in [0.5, 0.6) is 0 Å². The Morgan fingerprint density at radius 1 is 1.38 bits per heavy atom. The summed E-state index contributed by atoms with van der Waals surface area (Å²) in [6.07, 6.45) is 1.66. The molecule has 1 saturated carbocycles. The second-order valence-electron chi connectivity index (χ2n) is 5.06. The molecular formula is C16H15BrN2O2. The minimum Gasteiger partial charge on any atom is -0.465 e. The number of esters is 1. The van der Waals surface area contributed by atoms with E-state index in [0.717, 1.165) is 17.3 Å². The first-order valence-corrected chi connectivity index (χ1v) is 7.63. The van der Waals surface area contributed by atoms with E-state index in [4.69, 9.17) is 4.74 Å². The maximum absolute atomic E-state index is 12.7. The summed E-state index contributed by atoms with van der Waals surface area (Å²) in [6, 6.07) is 11.2. The van der Waals surface area contributed by atoms with Gasteiger partial charge < -0.3 is 4.74 Å². The van der Waals surface area contributed by atoms with Crippen molar-refractivity contribution in [3.63, 3.8) is 0 Å². The van der Waals surface area contributed by atoms with Crippen molar-refractivity contribution < 1.29 is 9.53 Å². The lowest BCUT2D eigenvalue weighted by atomic mass is 9.67. The summed E-state index contributed by atoms with van der Waals surface area (Å²) in [5.41, 5.74) is -0.500. The first kappa shape index (κ1) is 15.5. The number of benzene rings is 1. The van der Waals surface area contributed by atoms with E-state index in [1.54, 1.807) is 19.1 Å². The Bertz CT molecular complexity index is 597. The molecule has 0 bridgehead atoms. The summed E-state index contributed by atoms with van der Waals surface area (Å²) >= 11 is 3.36. The number of rotatable bonds is 5. The van der Waals surface area contributed by atoms with Gasteiger partial charge in [-0.1, -0.05) is 28.1 Å². The molecule has 0 saturated heterocycles. The molecule has 0 unspecified atom stereocenters. The van der Waals surface area contributed by atoms with Crippen LogP contribution in [0.3, 0.4) is 0 Å². The Balaban J connectivity index is 2.61. The molecule has 0 aromatic heterocycles. The molecule has 1 aromatic carbocycles. The molecule has 1 aliphatic rings. The average molecular weight is 347 g/mol. The quantitative estimate of drug-likeness (QED) is 0.766. The van der Waals surface area contributed by atoms with Crippen molar-refractivity contribution in [1.82, 2.24) is 0 Å². The zero-order valence-electron chi connectivity index (χ0n) is 11.7. The molecule has 1 atom stereocenters. The van der Waals surface area contributed by atoms with Gasteiger partial charge in [-0.05, 0) is 43.4 Å². The SMILES string of the molecule is CCOC(=O)[C@](c1ccc(Br)cc1)(C(C#N)C#N)C1CC1. The maximum atomic E-state index is 12.7. The molecule has 1 fully saturated rings. The van der Waals surface area contributed by atoms with Crippen LogP contribution >= 0.6 is 15.9 Å². The number of carbonyl (C=O) groups is 1. The van der Waals surface area contributed by atoms with Gasteiger partial charge in [0.25, 0.3) is 0 Å². The summed E-state index contributed by atoms with van der Waals surface area (Å²) in [6.45, 7) is 1.96. The summed E-state index contributed by atoms with van der Waals surface area (Å²) in [7, 11) is 0. The third-order valence-corrected chi connectivity index (χ3v) is 4.40. The minimum absolute atomic E-state index is 0.0120. The van der Waals surface area contributed by atoms with Gasteiger partial charge in [0.05, 0.1) is 18.7 Å². The summed E-state index contributed by atoms with van der Waals surface area (Å²) < 4.78 is 6.10. The van der Waals surface area contributed by atoms with Gasteiger partial charge in [0.2, 0.25) is 0 Å². The molecule has 0 heterocycles. The Hall–Kier alpha value is -1.85. The number of carbonyl (C=O) groups excluding carboxylic acids is 1. The molecule has 108 valence electrons. The lowest BCUT2D eigenvalue weighted by molar-refractivity contribution is -0.152. The van der Waals surface area contributed by atoms with Gasteiger partial charge in [-0.2, -0.15) is 10.5 Å². The van der Waals surface area contributed by atoms with Crippen LogP contribution in [-0.2, 0) is 14.9 Å². The largest absolute Gasteiger partial charge is 0.465 e. The maximum Gasteiger partial charge on any atom is 0.319 e. The first-order chi connectivity index (χ1) is 10.1. The zero-order valence-corrected chi connectivity index (χ0v) is 13.3. The van der Waals surface area contributed by atoms with E-state index in [2.05, 4.69) is 15.9 Å². The summed E-state index contributed by atoms with van der Waals surface area (Å²) in [5.74, 6) is -1.53. The van der Waals surface area contributed by atoms with Gasteiger partial charge in [0.1, 0.15) is 5.41 Å². The second-order valence-corrected chi connectivity index (χ2v) is 5.98. The number of nitriles is 2. The van der Waals surface area contributed by atoms with Crippen molar-refractivity contribution in [2.24, 2.45) is 11.8 Å². The Labute approximate surface area is 132 Å². The van der Waals surface area contributed by atoms with Crippen LogP contribution < -0.4 is 0 Å². The Morgan fingerprint density at radius 2 is 1.95 bits per heavy atom. The van der Waals surface area contributed by atoms with E-state index in [0.29, 0.717) is 5.56 Å². The molecule has 1 aliphatic carbocycles. The molecule has 0 spiro atoms. The monoisotopic (exact) mass is 346 g/mol. The minimum atomic E-state index is -1.18. The van der Waals surface area contributed by atoms with E-state index in [1.165, 1.54) is 0 Å². The van der Waals surface area contributed by atoms with Crippen LogP contribution in [-0.4, -0.2) is 12.6 Å². The molecule has 2 rings (SSSR count). The third kappa shape index (κ3) is 2.66. The highest BCUT2D eigenvalue weighted by molar-refractivity contribution is 9.10. The third-order valence-electron chi connectivity index (χ3n) is 3.87. The van der Waals surface area contributed by atoms with Crippen molar-refractivity contribution in [1.29, 1.82) is 10.5 Å². The van der Waals surface area contributed by atoms with Gasteiger partial charge >= 0.3 is 5.97 Å². The zero-order chi connectivity index (χ0) is 15.5. The van der Waals surface area contributed by atoms with Crippen LogP contribution in [0.1, 0.15) is 25.3 Å². The molecule has 0 radical (unpaired) electrons. The molecular weight excluding hydrogens is 332 g/mol. The van der Waals surface area contributed by atoms with Crippen LogP contribution in [0.25, 0.3) is 0 Å². The number of hydrogen-bond donors (Lipinski definition) is 0. The normalized spacial score (nSPS) is 16.6. The van der Waals surface area contributed by atoms with Crippen molar-refractivity contribution in [2.45, 2.75) is 25.2 Å². The predicted octanol–water partition coefficient (Wildman–Crippen LogP) is 3.32. The molecule has 5 heteroatoms. The van der Waals surface area contributed by atoms with Crippen LogP contribution in [0.2, 0.25) is 0 Å².